The molecule has 0 bridgehead atoms. The van der Waals surface area contributed by atoms with Gasteiger partial charge in [-0.05, 0) is 37.0 Å². The van der Waals surface area contributed by atoms with Crippen molar-refractivity contribution in [1.82, 2.24) is 9.97 Å². The van der Waals surface area contributed by atoms with E-state index in [0.717, 1.165) is 12.8 Å². The van der Waals surface area contributed by atoms with E-state index >= 15 is 0 Å². The molecular formula is C17H17N3O2. The Kier molecular flexibility index (Phi) is 4.44. The van der Waals surface area contributed by atoms with E-state index in [1.54, 1.807) is 42.9 Å². The fourth-order valence-electron chi connectivity index (χ4n) is 2.36. The summed E-state index contributed by atoms with van der Waals surface area (Å²) < 4.78 is 5.55. The Labute approximate surface area is 129 Å². The molecular weight excluding hydrogens is 278 g/mol. The van der Waals surface area contributed by atoms with Crippen LogP contribution in [0.2, 0.25) is 0 Å². The number of hydrogen-bond acceptors (Lipinski definition) is 4. The van der Waals surface area contributed by atoms with Crippen molar-refractivity contribution < 1.29 is 9.53 Å². The van der Waals surface area contributed by atoms with Gasteiger partial charge >= 0.3 is 0 Å². The number of ether oxygens (including phenoxy) is 1. The average molecular weight is 295 g/mol. The molecule has 2 heterocycles. The molecule has 2 aromatic rings. The largest absolute Gasteiger partial charge is 0.437 e. The van der Waals surface area contributed by atoms with Gasteiger partial charge < -0.3 is 10.1 Å². The predicted molar refractivity (Wildman–Crippen MR) is 83.7 cm³/mol. The number of amides is 1. The molecule has 1 atom stereocenters. The molecule has 1 aliphatic rings. The van der Waals surface area contributed by atoms with Crippen LogP contribution < -0.4 is 10.1 Å². The molecule has 1 unspecified atom stereocenters. The highest BCUT2D eigenvalue weighted by atomic mass is 16.5. The van der Waals surface area contributed by atoms with E-state index in [0.29, 0.717) is 29.7 Å². The number of nitrogens with zero attached hydrogens (tertiary/aromatic N) is 2. The SMILES string of the molecule is O=C(CC1C=CCC1)Nc1ccc(Oc2cccnc2)nc1. The van der Waals surface area contributed by atoms with Gasteiger partial charge in [0.25, 0.3) is 0 Å². The molecule has 3 rings (SSSR count). The number of carbonyl (C=O) groups is 1. The van der Waals surface area contributed by atoms with Crippen LogP contribution in [0.4, 0.5) is 5.69 Å². The minimum Gasteiger partial charge on any atom is -0.437 e. The minimum absolute atomic E-state index is 0.0132. The van der Waals surface area contributed by atoms with Crippen LogP contribution in [0, 0.1) is 5.92 Å². The van der Waals surface area contributed by atoms with Gasteiger partial charge in [0.15, 0.2) is 0 Å². The van der Waals surface area contributed by atoms with Crippen molar-refractivity contribution in [3.63, 3.8) is 0 Å². The first-order valence-corrected chi connectivity index (χ1v) is 7.30. The number of allylic oxidation sites excluding steroid dienone is 2. The first kappa shape index (κ1) is 14.3. The van der Waals surface area contributed by atoms with Crippen LogP contribution >= 0.6 is 0 Å². The van der Waals surface area contributed by atoms with Crippen LogP contribution in [-0.4, -0.2) is 15.9 Å². The van der Waals surface area contributed by atoms with Crippen molar-refractivity contribution in [2.75, 3.05) is 5.32 Å². The van der Waals surface area contributed by atoms with Crippen molar-refractivity contribution in [2.45, 2.75) is 19.3 Å². The number of hydrogen-bond donors (Lipinski definition) is 1. The summed E-state index contributed by atoms with van der Waals surface area (Å²) in [6.45, 7) is 0. The van der Waals surface area contributed by atoms with Gasteiger partial charge in [-0.3, -0.25) is 9.78 Å². The number of rotatable bonds is 5. The van der Waals surface area contributed by atoms with Crippen LogP contribution in [0.3, 0.4) is 0 Å². The van der Waals surface area contributed by atoms with Gasteiger partial charge in [0.2, 0.25) is 11.8 Å². The third-order valence-electron chi connectivity index (χ3n) is 3.44. The zero-order chi connectivity index (χ0) is 15.2. The van der Waals surface area contributed by atoms with E-state index in [1.165, 1.54) is 0 Å². The third kappa shape index (κ3) is 3.91. The van der Waals surface area contributed by atoms with Crippen molar-refractivity contribution in [2.24, 2.45) is 5.92 Å². The average Bonchev–Trinajstić information content (AvgIpc) is 3.03. The van der Waals surface area contributed by atoms with Crippen LogP contribution in [0.5, 0.6) is 11.6 Å². The number of pyridine rings is 2. The van der Waals surface area contributed by atoms with Crippen molar-refractivity contribution in [3.8, 4) is 11.6 Å². The number of anilines is 1. The monoisotopic (exact) mass is 295 g/mol. The molecule has 112 valence electrons. The van der Waals surface area contributed by atoms with Crippen LogP contribution in [0.1, 0.15) is 19.3 Å². The summed E-state index contributed by atoms with van der Waals surface area (Å²) in [7, 11) is 0. The van der Waals surface area contributed by atoms with E-state index in [1.807, 2.05) is 0 Å². The van der Waals surface area contributed by atoms with E-state index in [4.69, 9.17) is 4.74 Å². The molecule has 2 aromatic heterocycles. The molecule has 5 heteroatoms. The zero-order valence-electron chi connectivity index (χ0n) is 12.1. The Balaban J connectivity index is 1.54. The molecule has 1 amide bonds. The minimum atomic E-state index is 0.0132. The van der Waals surface area contributed by atoms with Crippen molar-refractivity contribution in [1.29, 1.82) is 0 Å². The maximum Gasteiger partial charge on any atom is 0.225 e. The van der Waals surface area contributed by atoms with Gasteiger partial charge in [-0.2, -0.15) is 0 Å². The molecule has 0 spiro atoms. The lowest BCUT2D eigenvalue weighted by Gasteiger charge is -2.09. The summed E-state index contributed by atoms with van der Waals surface area (Å²) in [5.41, 5.74) is 0.672. The summed E-state index contributed by atoms with van der Waals surface area (Å²) in [5.74, 6) is 1.46. The highest BCUT2D eigenvalue weighted by Crippen LogP contribution is 2.22. The molecule has 1 aliphatic carbocycles. The number of nitrogens with one attached hydrogen (secondary N) is 1. The number of aromatic nitrogens is 2. The van der Waals surface area contributed by atoms with Gasteiger partial charge in [0, 0.05) is 18.7 Å². The Morgan fingerprint density at radius 3 is 2.95 bits per heavy atom. The van der Waals surface area contributed by atoms with Crippen LogP contribution in [-0.2, 0) is 4.79 Å². The second-order valence-electron chi connectivity index (χ2n) is 5.19. The molecule has 0 saturated heterocycles. The topological polar surface area (TPSA) is 64.1 Å². The maximum atomic E-state index is 11.9. The summed E-state index contributed by atoms with van der Waals surface area (Å²) in [4.78, 5) is 20.1. The molecule has 0 fully saturated rings. The van der Waals surface area contributed by atoms with E-state index < -0.39 is 0 Å². The van der Waals surface area contributed by atoms with E-state index in [-0.39, 0.29) is 5.91 Å². The van der Waals surface area contributed by atoms with Crippen LogP contribution in [0.25, 0.3) is 0 Å². The van der Waals surface area contributed by atoms with Crippen molar-refractivity contribution in [3.05, 3.63) is 55.0 Å². The second-order valence-corrected chi connectivity index (χ2v) is 5.19. The molecule has 0 aromatic carbocycles. The summed E-state index contributed by atoms with van der Waals surface area (Å²) in [5, 5.41) is 2.86. The third-order valence-corrected chi connectivity index (χ3v) is 3.44. The van der Waals surface area contributed by atoms with E-state index in [2.05, 4.69) is 27.4 Å². The first-order chi connectivity index (χ1) is 10.8. The van der Waals surface area contributed by atoms with Gasteiger partial charge in [-0.15, -0.1) is 0 Å². The second kappa shape index (κ2) is 6.85. The Bertz CT molecular complexity index is 653. The molecule has 5 nitrogen and oxygen atoms in total. The van der Waals surface area contributed by atoms with Gasteiger partial charge in [0.1, 0.15) is 5.75 Å². The number of carbonyl (C=O) groups excluding carboxylic acids is 1. The Morgan fingerprint density at radius 1 is 1.32 bits per heavy atom. The summed E-state index contributed by atoms with van der Waals surface area (Å²) in [6.07, 6.45) is 11.8. The van der Waals surface area contributed by atoms with E-state index in [9.17, 15) is 4.79 Å². The first-order valence-electron chi connectivity index (χ1n) is 7.30. The Hall–Kier alpha value is -2.69. The summed E-state index contributed by atoms with van der Waals surface area (Å²) in [6, 6.07) is 7.10. The van der Waals surface area contributed by atoms with Crippen molar-refractivity contribution >= 4 is 11.6 Å². The lowest BCUT2D eigenvalue weighted by Crippen LogP contribution is -2.14. The highest BCUT2D eigenvalue weighted by Gasteiger charge is 2.14. The quantitative estimate of drug-likeness (QED) is 0.857. The lowest BCUT2D eigenvalue weighted by atomic mass is 10.1. The molecule has 0 radical (unpaired) electrons. The molecule has 0 saturated carbocycles. The standard InChI is InChI=1S/C17H17N3O2/c21-16(10-13-4-1-2-5-13)20-14-7-8-17(19-11-14)22-15-6-3-9-18-12-15/h1,3-4,6-9,11-13H,2,5,10H2,(H,20,21). The molecule has 0 aliphatic heterocycles. The van der Waals surface area contributed by atoms with Gasteiger partial charge in [-0.1, -0.05) is 12.2 Å². The normalized spacial score (nSPS) is 16.5. The van der Waals surface area contributed by atoms with Gasteiger partial charge in [0.05, 0.1) is 18.1 Å². The Morgan fingerprint density at radius 2 is 2.27 bits per heavy atom. The highest BCUT2D eigenvalue weighted by molar-refractivity contribution is 5.90. The fraction of sp³-hybridized carbons (Fsp3) is 0.235. The smallest absolute Gasteiger partial charge is 0.225 e. The van der Waals surface area contributed by atoms with Crippen LogP contribution in [0.15, 0.2) is 55.0 Å². The molecule has 22 heavy (non-hydrogen) atoms. The zero-order valence-corrected chi connectivity index (χ0v) is 12.1. The fourth-order valence-corrected chi connectivity index (χ4v) is 2.36. The lowest BCUT2D eigenvalue weighted by molar-refractivity contribution is -0.116. The molecule has 1 N–H and O–H groups in total. The predicted octanol–water partition coefficient (Wildman–Crippen LogP) is 3.56. The maximum absolute atomic E-state index is 11.9. The summed E-state index contributed by atoms with van der Waals surface area (Å²) >= 11 is 0. The van der Waals surface area contributed by atoms with Gasteiger partial charge in [-0.25, -0.2) is 4.98 Å².